The molecule has 0 amide bonds. The number of hydrogen-bond acceptors (Lipinski definition) is 2. The Balaban J connectivity index is 1.87. The summed E-state index contributed by atoms with van der Waals surface area (Å²) in [5, 5.41) is 8.89. The van der Waals surface area contributed by atoms with E-state index < -0.39 is 0 Å². The van der Waals surface area contributed by atoms with E-state index in [9.17, 15) is 0 Å². The Bertz CT molecular complexity index is 661. The van der Waals surface area contributed by atoms with Crippen molar-refractivity contribution < 1.29 is 0 Å². The van der Waals surface area contributed by atoms with Crippen molar-refractivity contribution in [2.24, 2.45) is 5.92 Å². The molecule has 2 aromatic heterocycles. The van der Waals surface area contributed by atoms with E-state index in [0.29, 0.717) is 15.0 Å². The first-order chi connectivity index (χ1) is 10.3. The number of fused-ring (bicyclic) bond motifs is 2. The fraction of sp³-hybridized carbons (Fsp3) is 0.444. The molecule has 0 radical (unpaired) electrons. The van der Waals surface area contributed by atoms with Gasteiger partial charge >= 0.3 is 142 Å². The Morgan fingerprint density at radius 2 is 2.00 bits per heavy atom. The normalized spacial score (nSPS) is 13.2. The molecule has 0 N–H and O–H groups in total. The molecular formula is C18H22S2Se. The Kier molecular flexibility index (Phi) is 5.39. The van der Waals surface area contributed by atoms with Gasteiger partial charge in [0.05, 0.1) is 0 Å². The molecule has 3 heteroatoms. The fourth-order valence-corrected chi connectivity index (χ4v) is 8.08. The third-order valence-electron chi connectivity index (χ3n) is 4.13. The molecule has 1 unspecified atom stereocenters. The van der Waals surface area contributed by atoms with E-state index in [1.807, 2.05) is 22.7 Å². The van der Waals surface area contributed by atoms with Gasteiger partial charge < -0.3 is 0 Å². The summed E-state index contributed by atoms with van der Waals surface area (Å²) in [5.74, 6) is 0.925. The zero-order valence-corrected chi connectivity index (χ0v) is 16.1. The van der Waals surface area contributed by atoms with Crippen molar-refractivity contribution in [2.75, 3.05) is 0 Å². The van der Waals surface area contributed by atoms with Crippen LogP contribution in [0.1, 0.15) is 39.5 Å². The van der Waals surface area contributed by atoms with Gasteiger partial charge in [0, 0.05) is 0 Å². The fourth-order valence-electron chi connectivity index (χ4n) is 2.74. The molecule has 1 aromatic carbocycles. The van der Waals surface area contributed by atoms with Crippen molar-refractivity contribution in [3.8, 4) is 0 Å². The molecule has 0 bridgehead atoms. The second-order valence-electron chi connectivity index (χ2n) is 5.60. The third-order valence-corrected chi connectivity index (χ3v) is 9.07. The number of unbranched alkanes of at least 4 members (excludes halogenated alkanes) is 1. The molecule has 0 aliphatic carbocycles. The zero-order chi connectivity index (χ0) is 14.7. The van der Waals surface area contributed by atoms with E-state index in [4.69, 9.17) is 0 Å². The molecule has 112 valence electrons. The van der Waals surface area contributed by atoms with Crippen LogP contribution in [0, 0.1) is 5.92 Å². The monoisotopic (exact) mass is 382 g/mol. The standard InChI is InChI=1S/C18H22S2Se/c1-3-5-6-13(4-2)12-21-18-15-8-10-19-16(15)11-14-7-9-20-17(14)18/h7-11,13H,3-6,12H2,1-2H3. The topological polar surface area (TPSA) is 0 Å². The summed E-state index contributed by atoms with van der Waals surface area (Å²) in [7, 11) is 0. The summed E-state index contributed by atoms with van der Waals surface area (Å²) in [6, 6.07) is 7.00. The molecule has 21 heavy (non-hydrogen) atoms. The Morgan fingerprint density at radius 1 is 1.14 bits per heavy atom. The molecule has 0 spiro atoms. The molecule has 3 rings (SSSR count). The van der Waals surface area contributed by atoms with Crippen LogP contribution >= 0.6 is 22.7 Å². The van der Waals surface area contributed by atoms with Crippen LogP contribution in [-0.4, -0.2) is 15.0 Å². The molecule has 1 atom stereocenters. The molecular weight excluding hydrogens is 359 g/mol. The average Bonchev–Trinajstić information content (AvgIpc) is 3.14. The van der Waals surface area contributed by atoms with Gasteiger partial charge in [-0.25, -0.2) is 0 Å². The van der Waals surface area contributed by atoms with Crippen LogP contribution in [0.25, 0.3) is 20.2 Å². The van der Waals surface area contributed by atoms with Gasteiger partial charge in [-0.2, -0.15) is 0 Å². The van der Waals surface area contributed by atoms with Crippen LogP contribution in [0.4, 0.5) is 0 Å². The van der Waals surface area contributed by atoms with Gasteiger partial charge in [0.2, 0.25) is 0 Å². The van der Waals surface area contributed by atoms with E-state index in [1.165, 1.54) is 46.5 Å². The minimum atomic E-state index is 0.609. The molecule has 0 aliphatic heterocycles. The molecule has 2 heterocycles. The van der Waals surface area contributed by atoms with Crippen molar-refractivity contribution in [2.45, 2.75) is 44.9 Å². The van der Waals surface area contributed by atoms with Crippen molar-refractivity contribution in [1.82, 2.24) is 0 Å². The molecule has 3 aromatic rings. The number of benzene rings is 1. The maximum absolute atomic E-state index is 2.37. The van der Waals surface area contributed by atoms with Crippen LogP contribution in [0.3, 0.4) is 0 Å². The average molecular weight is 381 g/mol. The Labute approximate surface area is 141 Å². The number of hydrogen-bond donors (Lipinski definition) is 0. The van der Waals surface area contributed by atoms with Crippen molar-refractivity contribution in [3.63, 3.8) is 0 Å². The summed E-state index contributed by atoms with van der Waals surface area (Å²) >= 11 is 4.43. The van der Waals surface area contributed by atoms with Crippen LogP contribution in [0.2, 0.25) is 5.32 Å². The van der Waals surface area contributed by atoms with Crippen LogP contribution in [0.5, 0.6) is 0 Å². The zero-order valence-electron chi connectivity index (χ0n) is 12.7. The van der Waals surface area contributed by atoms with Crippen LogP contribution in [0.15, 0.2) is 29.0 Å². The van der Waals surface area contributed by atoms with E-state index >= 15 is 0 Å². The summed E-state index contributed by atoms with van der Waals surface area (Å²) in [6.07, 6.45) is 5.49. The molecule has 0 nitrogen and oxygen atoms in total. The first-order valence-electron chi connectivity index (χ1n) is 7.83. The summed E-state index contributed by atoms with van der Waals surface area (Å²) in [5.41, 5.74) is 0. The van der Waals surface area contributed by atoms with E-state index in [2.05, 4.69) is 42.8 Å². The van der Waals surface area contributed by atoms with Gasteiger partial charge in [0.25, 0.3) is 0 Å². The molecule has 0 saturated heterocycles. The first kappa shape index (κ1) is 15.6. The number of thiophene rings is 2. The predicted octanol–water partition coefficient (Wildman–Crippen LogP) is 6.08. The van der Waals surface area contributed by atoms with Gasteiger partial charge in [-0.1, -0.05) is 0 Å². The third kappa shape index (κ3) is 3.37. The quantitative estimate of drug-likeness (QED) is 0.435. The summed E-state index contributed by atoms with van der Waals surface area (Å²) in [4.78, 5) is 0. The Morgan fingerprint density at radius 3 is 2.81 bits per heavy atom. The SMILES string of the molecule is CCCCC(CC)C[Se]c1c2ccsc2cc2ccsc12. The van der Waals surface area contributed by atoms with E-state index in [-0.39, 0.29) is 0 Å². The number of rotatable bonds is 7. The van der Waals surface area contributed by atoms with Crippen molar-refractivity contribution in [1.29, 1.82) is 0 Å². The van der Waals surface area contributed by atoms with Crippen LogP contribution in [-0.2, 0) is 0 Å². The molecule has 0 aliphatic rings. The second kappa shape index (κ2) is 7.28. The van der Waals surface area contributed by atoms with E-state index in [1.54, 1.807) is 9.16 Å². The van der Waals surface area contributed by atoms with E-state index in [0.717, 1.165) is 5.92 Å². The first-order valence-corrected chi connectivity index (χ1v) is 11.7. The van der Waals surface area contributed by atoms with Gasteiger partial charge in [-0.3, -0.25) is 0 Å². The van der Waals surface area contributed by atoms with Crippen molar-refractivity contribution in [3.05, 3.63) is 29.0 Å². The maximum atomic E-state index is 2.37. The second-order valence-corrected chi connectivity index (χ2v) is 9.63. The van der Waals surface area contributed by atoms with Gasteiger partial charge in [-0.05, 0) is 0 Å². The Hall–Kier alpha value is -0.341. The summed E-state index contributed by atoms with van der Waals surface area (Å²) in [6.45, 7) is 4.67. The van der Waals surface area contributed by atoms with Gasteiger partial charge in [0.1, 0.15) is 0 Å². The van der Waals surface area contributed by atoms with Crippen LogP contribution < -0.4 is 4.46 Å². The van der Waals surface area contributed by atoms with Gasteiger partial charge in [-0.15, -0.1) is 0 Å². The summed E-state index contributed by atoms with van der Waals surface area (Å²) < 4.78 is 4.69. The predicted molar refractivity (Wildman–Crippen MR) is 101 cm³/mol. The van der Waals surface area contributed by atoms with Crippen molar-refractivity contribution >= 4 is 62.3 Å². The van der Waals surface area contributed by atoms with Gasteiger partial charge in [0.15, 0.2) is 0 Å². The molecule has 0 fully saturated rings. The minimum absolute atomic E-state index is 0.609. The molecule has 0 saturated carbocycles.